The van der Waals surface area contributed by atoms with Gasteiger partial charge in [-0.1, -0.05) is 6.92 Å². The molecule has 4 saturated heterocycles. The number of nitrogens with one attached hydrogen (secondary N) is 1. The number of hydrogen-bond donors (Lipinski definition) is 1. The molecule has 3 atom stereocenters. The molecule has 4 fully saturated rings. The SMILES string of the molecule is CCN1CCN(CC2CCNCC2N2CCC(N3CCCC3)C2)CC1. The molecule has 5 heteroatoms. The van der Waals surface area contributed by atoms with Gasteiger partial charge in [-0.25, -0.2) is 0 Å². The lowest BCUT2D eigenvalue weighted by molar-refractivity contribution is 0.0709. The minimum Gasteiger partial charge on any atom is -0.315 e. The molecule has 3 unspecified atom stereocenters. The van der Waals surface area contributed by atoms with Crippen molar-refractivity contribution in [1.29, 1.82) is 0 Å². The van der Waals surface area contributed by atoms with Crippen LogP contribution in [-0.2, 0) is 0 Å². The average molecular weight is 350 g/mol. The standard InChI is InChI=1S/C20H39N5/c1-2-22-11-13-23(14-12-22)16-18-5-7-21-15-20(18)25-10-6-19(17-25)24-8-3-4-9-24/h18-21H,2-17H2,1H3. The maximum Gasteiger partial charge on any atom is 0.0262 e. The van der Waals surface area contributed by atoms with Crippen molar-refractivity contribution in [3.05, 3.63) is 0 Å². The Balaban J connectivity index is 1.30. The van der Waals surface area contributed by atoms with Gasteiger partial charge in [-0.2, -0.15) is 0 Å². The smallest absolute Gasteiger partial charge is 0.0262 e. The number of piperidine rings is 1. The van der Waals surface area contributed by atoms with Crippen LogP contribution in [0.25, 0.3) is 0 Å². The fourth-order valence-electron chi connectivity index (χ4n) is 5.63. The van der Waals surface area contributed by atoms with Gasteiger partial charge in [-0.15, -0.1) is 0 Å². The Morgan fingerprint density at radius 2 is 1.60 bits per heavy atom. The Hall–Kier alpha value is -0.200. The second-order valence-electron chi connectivity index (χ2n) is 8.74. The largest absolute Gasteiger partial charge is 0.315 e. The van der Waals surface area contributed by atoms with Crippen LogP contribution in [0.1, 0.15) is 32.6 Å². The molecule has 0 aromatic rings. The maximum atomic E-state index is 3.70. The van der Waals surface area contributed by atoms with Gasteiger partial charge in [0.05, 0.1) is 0 Å². The highest BCUT2D eigenvalue weighted by atomic mass is 15.3. The topological polar surface area (TPSA) is 25.0 Å². The third-order valence-corrected chi connectivity index (χ3v) is 7.32. The number of hydrogen-bond acceptors (Lipinski definition) is 5. The molecule has 144 valence electrons. The number of piperazine rings is 1. The molecular weight excluding hydrogens is 310 g/mol. The summed E-state index contributed by atoms with van der Waals surface area (Å²) in [5.74, 6) is 0.867. The lowest BCUT2D eigenvalue weighted by atomic mass is 9.90. The molecule has 0 aliphatic carbocycles. The van der Waals surface area contributed by atoms with E-state index in [0.717, 1.165) is 18.0 Å². The van der Waals surface area contributed by atoms with Crippen LogP contribution in [0.2, 0.25) is 0 Å². The van der Waals surface area contributed by atoms with Crippen molar-refractivity contribution in [2.45, 2.75) is 44.7 Å². The van der Waals surface area contributed by atoms with E-state index in [2.05, 4.69) is 31.8 Å². The van der Waals surface area contributed by atoms with E-state index in [0.29, 0.717) is 0 Å². The van der Waals surface area contributed by atoms with Gasteiger partial charge in [-0.05, 0) is 57.8 Å². The summed E-state index contributed by atoms with van der Waals surface area (Å²) in [4.78, 5) is 11.0. The Morgan fingerprint density at radius 3 is 2.36 bits per heavy atom. The fraction of sp³-hybridized carbons (Fsp3) is 1.00. The summed E-state index contributed by atoms with van der Waals surface area (Å²) in [6.07, 6.45) is 5.61. The minimum absolute atomic E-state index is 0.769. The van der Waals surface area contributed by atoms with Gasteiger partial charge in [0.2, 0.25) is 0 Å². The van der Waals surface area contributed by atoms with Gasteiger partial charge in [0, 0.05) is 64.4 Å². The van der Waals surface area contributed by atoms with Crippen molar-refractivity contribution in [1.82, 2.24) is 24.9 Å². The first-order chi connectivity index (χ1) is 12.3. The van der Waals surface area contributed by atoms with E-state index in [1.54, 1.807) is 0 Å². The molecule has 4 aliphatic heterocycles. The van der Waals surface area contributed by atoms with Gasteiger partial charge in [0.1, 0.15) is 0 Å². The van der Waals surface area contributed by atoms with Crippen LogP contribution in [0.5, 0.6) is 0 Å². The van der Waals surface area contributed by atoms with Crippen LogP contribution in [0, 0.1) is 5.92 Å². The molecule has 0 bridgehead atoms. The number of nitrogens with zero attached hydrogens (tertiary/aromatic N) is 4. The molecule has 0 aromatic carbocycles. The molecule has 4 aliphatic rings. The first kappa shape index (κ1) is 18.2. The van der Waals surface area contributed by atoms with E-state index in [9.17, 15) is 0 Å². The Morgan fingerprint density at radius 1 is 0.840 bits per heavy atom. The van der Waals surface area contributed by atoms with Gasteiger partial charge >= 0.3 is 0 Å². The molecule has 4 rings (SSSR count). The van der Waals surface area contributed by atoms with Crippen LogP contribution in [0.4, 0.5) is 0 Å². The van der Waals surface area contributed by atoms with Crippen molar-refractivity contribution in [2.75, 3.05) is 78.5 Å². The zero-order valence-electron chi connectivity index (χ0n) is 16.3. The van der Waals surface area contributed by atoms with E-state index in [1.165, 1.54) is 104 Å². The summed E-state index contributed by atoms with van der Waals surface area (Å²) >= 11 is 0. The van der Waals surface area contributed by atoms with Crippen LogP contribution in [0.3, 0.4) is 0 Å². The fourth-order valence-corrected chi connectivity index (χ4v) is 5.63. The molecule has 0 radical (unpaired) electrons. The Kier molecular flexibility index (Phi) is 6.30. The van der Waals surface area contributed by atoms with Crippen LogP contribution in [0.15, 0.2) is 0 Å². The zero-order valence-corrected chi connectivity index (χ0v) is 16.3. The average Bonchev–Trinajstić information content (AvgIpc) is 3.34. The highest BCUT2D eigenvalue weighted by Crippen LogP contribution is 2.27. The van der Waals surface area contributed by atoms with Crippen LogP contribution < -0.4 is 5.32 Å². The lowest BCUT2D eigenvalue weighted by Crippen LogP contribution is -2.56. The number of likely N-dealkylation sites (tertiary alicyclic amines) is 2. The molecule has 0 aromatic heterocycles. The van der Waals surface area contributed by atoms with E-state index in [4.69, 9.17) is 0 Å². The second-order valence-corrected chi connectivity index (χ2v) is 8.74. The number of rotatable bonds is 5. The molecule has 0 spiro atoms. The molecule has 1 N–H and O–H groups in total. The number of likely N-dealkylation sites (N-methyl/N-ethyl adjacent to an activating group) is 1. The summed E-state index contributed by atoms with van der Waals surface area (Å²) < 4.78 is 0. The Labute approximate surface area is 154 Å². The van der Waals surface area contributed by atoms with Gasteiger partial charge < -0.3 is 15.1 Å². The summed E-state index contributed by atoms with van der Waals surface area (Å²) in [5, 5.41) is 3.70. The van der Waals surface area contributed by atoms with Crippen LogP contribution >= 0.6 is 0 Å². The predicted octanol–water partition coefficient (Wildman–Crippen LogP) is 0.772. The maximum absolute atomic E-state index is 3.70. The Bertz CT molecular complexity index is 403. The van der Waals surface area contributed by atoms with Crippen molar-refractivity contribution in [3.63, 3.8) is 0 Å². The van der Waals surface area contributed by atoms with E-state index in [-0.39, 0.29) is 0 Å². The van der Waals surface area contributed by atoms with Gasteiger partial charge in [0.25, 0.3) is 0 Å². The third-order valence-electron chi connectivity index (χ3n) is 7.32. The summed E-state index contributed by atoms with van der Waals surface area (Å²) in [7, 11) is 0. The third kappa shape index (κ3) is 4.38. The first-order valence-electron chi connectivity index (χ1n) is 11.0. The van der Waals surface area contributed by atoms with Gasteiger partial charge in [-0.3, -0.25) is 9.80 Å². The first-order valence-corrected chi connectivity index (χ1v) is 11.0. The summed E-state index contributed by atoms with van der Waals surface area (Å²) in [6.45, 7) is 17.7. The minimum atomic E-state index is 0.769. The highest BCUT2D eigenvalue weighted by molar-refractivity contribution is 4.94. The zero-order chi connectivity index (χ0) is 17.1. The van der Waals surface area contributed by atoms with Crippen molar-refractivity contribution < 1.29 is 0 Å². The highest BCUT2D eigenvalue weighted by Gasteiger charge is 2.37. The van der Waals surface area contributed by atoms with Gasteiger partial charge in [0.15, 0.2) is 0 Å². The molecular formula is C20H39N5. The molecule has 0 saturated carbocycles. The van der Waals surface area contributed by atoms with E-state index >= 15 is 0 Å². The lowest BCUT2D eigenvalue weighted by Gasteiger charge is -2.42. The summed E-state index contributed by atoms with van der Waals surface area (Å²) in [5.41, 5.74) is 0. The van der Waals surface area contributed by atoms with Crippen LogP contribution in [-0.4, -0.2) is 110 Å². The second kappa shape index (κ2) is 8.66. The van der Waals surface area contributed by atoms with Crippen molar-refractivity contribution >= 4 is 0 Å². The van der Waals surface area contributed by atoms with E-state index < -0.39 is 0 Å². The monoisotopic (exact) mass is 349 g/mol. The van der Waals surface area contributed by atoms with Crippen molar-refractivity contribution in [3.8, 4) is 0 Å². The summed E-state index contributed by atoms with van der Waals surface area (Å²) in [6, 6.07) is 1.61. The quantitative estimate of drug-likeness (QED) is 0.791. The van der Waals surface area contributed by atoms with Crippen molar-refractivity contribution in [2.24, 2.45) is 5.92 Å². The molecule has 0 amide bonds. The molecule has 5 nitrogen and oxygen atoms in total. The predicted molar refractivity (Wildman–Crippen MR) is 104 cm³/mol. The molecule has 25 heavy (non-hydrogen) atoms. The molecule has 4 heterocycles. The van der Waals surface area contributed by atoms with E-state index in [1.807, 2.05) is 0 Å². The normalized spacial score (nSPS) is 37.1.